The van der Waals surface area contributed by atoms with Crippen LogP contribution in [0.5, 0.6) is 0 Å². The Labute approximate surface area is 39.3 Å². The molecule has 0 fully saturated rings. The molecule has 0 rings (SSSR count). The van der Waals surface area contributed by atoms with Crippen LogP contribution in [0.1, 0.15) is 0 Å². The summed E-state index contributed by atoms with van der Waals surface area (Å²) in [6, 6.07) is 0. The van der Waals surface area contributed by atoms with Crippen LogP contribution >= 0.6 is 15.9 Å². The van der Waals surface area contributed by atoms with Gasteiger partial charge in [-0.3, -0.25) is 0 Å². The van der Waals surface area contributed by atoms with E-state index in [1.165, 1.54) is 0 Å². The average molecular weight is 134 g/mol. The van der Waals surface area contributed by atoms with Crippen molar-refractivity contribution in [2.75, 3.05) is 0 Å². The maximum absolute atomic E-state index is 6.39. The summed E-state index contributed by atoms with van der Waals surface area (Å²) in [6.07, 6.45) is 1.14. The van der Waals surface area contributed by atoms with Crippen LogP contribution in [0.3, 0.4) is 0 Å². The van der Waals surface area contributed by atoms with Crippen LogP contribution in [-0.4, -0.2) is 6.21 Å². The Morgan fingerprint density at radius 1 is 2.00 bits per heavy atom. The molecule has 0 bridgehead atoms. The van der Waals surface area contributed by atoms with Crippen LogP contribution in [0.15, 0.2) is 11.1 Å². The van der Waals surface area contributed by atoms with Gasteiger partial charge in [-0.15, -0.1) is 0 Å². The highest BCUT2D eigenvalue weighted by Crippen LogP contribution is 1.91. The lowest BCUT2D eigenvalue weighted by Crippen LogP contribution is -1.57. The van der Waals surface area contributed by atoms with Crippen molar-refractivity contribution in [3.8, 4) is 0 Å². The standard InChI is InChI=1S/C3H4BrN/c1-3(4)2-5/h2,5H,1H2. The van der Waals surface area contributed by atoms with Gasteiger partial charge in [-0.25, -0.2) is 0 Å². The van der Waals surface area contributed by atoms with E-state index < -0.39 is 0 Å². The number of hydrogen-bond acceptors (Lipinski definition) is 1. The zero-order valence-electron chi connectivity index (χ0n) is 2.66. The second-order valence-corrected chi connectivity index (χ2v) is 1.61. The van der Waals surface area contributed by atoms with Crippen LogP contribution < -0.4 is 0 Å². The molecule has 28 valence electrons. The first-order chi connectivity index (χ1) is 2.27. The molecule has 0 aliphatic carbocycles. The molecule has 0 unspecified atom stereocenters. The van der Waals surface area contributed by atoms with E-state index in [-0.39, 0.29) is 0 Å². The Balaban J connectivity index is 3.20. The summed E-state index contributed by atoms with van der Waals surface area (Å²) in [6.45, 7) is 3.35. The zero-order chi connectivity index (χ0) is 4.28. The fraction of sp³-hybridized carbons (Fsp3) is 0. The highest BCUT2D eigenvalue weighted by Gasteiger charge is 1.65. The monoisotopic (exact) mass is 133 g/mol. The third-order valence-electron chi connectivity index (χ3n) is 0.157. The van der Waals surface area contributed by atoms with Crippen LogP contribution in [0, 0.1) is 5.41 Å². The Kier molecular flexibility index (Phi) is 2.10. The fourth-order valence-corrected chi connectivity index (χ4v) is 0. The first-order valence-corrected chi connectivity index (χ1v) is 1.91. The second-order valence-electron chi connectivity index (χ2n) is 0.591. The van der Waals surface area contributed by atoms with Gasteiger partial charge in [0.1, 0.15) is 0 Å². The van der Waals surface area contributed by atoms with Crippen molar-refractivity contribution in [2.45, 2.75) is 0 Å². The maximum Gasteiger partial charge on any atom is 0.0314 e. The van der Waals surface area contributed by atoms with Crippen molar-refractivity contribution >= 4 is 22.1 Å². The van der Waals surface area contributed by atoms with Crippen molar-refractivity contribution in [1.82, 2.24) is 0 Å². The van der Waals surface area contributed by atoms with E-state index in [4.69, 9.17) is 5.41 Å². The molecule has 0 saturated carbocycles. The molecule has 0 amide bonds. The quantitative estimate of drug-likeness (QED) is 0.526. The van der Waals surface area contributed by atoms with Crippen molar-refractivity contribution in [3.63, 3.8) is 0 Å². The van der Waals surface area contributed by atoms with Crippen molar-refractivity contribution in [1.29, 1.82) is 5.41 Å². The summed E-state index contributed by atoms with van der Waals surface area (Å²) in [5, 5.41) is 6.39. The first kappa shape index (κ1) is 4.89. The molecule has 0 saturated heterocycles. The largest absolute Gasteiger partial charge is 0.308 e. The third-order valence-corrected chi connectivity index (χ3v) is 0.386. The van der Waals surface area contributed by atoms with Crippen LogP contribution in [0.2, 0.25) is 0 Å². The molecular formula is C3H4BrN. The van der Waals surface area contributed by atoms with E-state index in [0.29, 0.717) is 4.48 Å². The van der Waals surface area contributed by atoms with E-state index in [1.54, 1.807) is 0 Å². The molecule has 0 aliphatic rings. The number of rotatable bonds is 1. The van der Waals surface area contributed by atoms with Crippen LogP contribution in [0.4, 0.5) is 0 Å². The van der Waals surface area contributed by atoms with E-state index in [2.05, 4.69) is 22.5 Å². The van der Waals surface area contributed by atoms with Gasteiger partial charge in [0.25, 0.3) is 0 Å². The van der Waals surface area contributed by atoms with Gasteiger partial charge < -0.3 is 5.41 Å². The Morgan fingerprint density at radius 3 is 2.20 bits per heavy atom. The topological polar surface area (TPSA) is 23.9 Å². The zero-order valence-corrected chi connectivity index (χ0v) is 4.25. The van der Waals surface area contributed by atoms with Crippen molar-refractivity contribution in [3.05, 3.63) is 11.1 Å². The van der Waals surface area contributed by atoms with E-state index in [1.807, 2.05) is 0 Å². The first-order valence-electron chi connectivity index (χ1n) is 1.12. The molecule has 0 aliphatic heterocycles. The predicted octanol–water partition coefficient (Wildman–Crippen LogP) is 1.54. The molecule has 0 atom stereocenters. The molecule has 5 heavy (non-hydrogen) atoms. The lowest BCUT2D eigenvalue weighted by molar-refractivity contribution is 1.58. The Bertz CT molecular complexity index is 57.9. The van der Waals surface area contributed by atoms with Gasteiger partial charge in [-0.1, -0.05) is 6.58 Å². The van der Waals surface area contributed by atoms with Crippen molar-refractivity contribution in [2.24, 2.45) is 0 Å². The number of halogens is 1. The number of hydrogen-bond donors (Lipinski definition) is 1. The van der Waals surface area contributed by atoms with E-state index in [9.17, 15) is 0 Å². The average Bonchev–Trinajstić information content (AvgIpc) is 1.38. The smallest absolute Gasteiger partial charge is 0.0314 e. The lowest BCUT2D eigenvalue weighted by atomic mass is 10.7. The normalized spacial score (nSPS) is 6.60. The van der Waals surface area contributed by atoms with Gasteiger partial charge >= 0.3 is 0 Å². The molecule has 2 heteroatoms. The molecular weight excluding hydrogens is 130 g/mol. The highest BCUT2D eigenvalue weighted by molar-refractivity contribution is 9.12. The Morgan fingerprint density at radius 2 is 2.20 bits per heavy atom. The van der Waals surface area contributed by atoms with Gasteiger partial charge in [-0.05, 0) is 15.9 Å². The van der Waals surface area contributed by atoms with Gasteiger partial charge in [0.2, 0.25) is 0 Å². The fourth-order valence-electron chi connectivity index (χ4n) is 0. The minimum Gasteiger partial charge on any atom is -0.308 e. The van der Waals surface area contributed by atoms with Gasteiger partial charge in [-0.2, -0.15) is 0 Å². The van der Waals surface area contributed by atoms with Gasteiger partial charge in [0.05, 0.1) is 0 Å². The van der Waals surface area contributed by atoms with Gasteiger partial charge in [0, 0.05) is 10.7 Å². The highest BCUT2D eigenvalue weighted by atomic mass is 79.9. The molecule has 0 spiro atoms. The van der Waals surface area contributed by atoms with Gasteiger partial charge in [0.15, 0.2) is 0 Å². The summed E-state index contributed by atoms with van der Waals surface area (Å²) in [4.78, 5) is 0. The van der Waals surface area contributed by atoms with Crippen molar-refractivity contribution < 1.29 is 0 Å². The lowest BCUT2D eigenvalue weighted by Gasteiger charge is -1.66. The minimum atomic E-state index is 0.609. The van der Waals surface area contributed by atoms with E-state index >= 15 is 0 Å². The maximum atomic E-state index is 6.39. The summed E-state index contributed by atoms with van der Waals surface area (Å²) in [5.41, 5.74) is 0. The Hall–Kier alpha value is -0.110. The SMILES string of the molecule is C=C(Br)C=N. The van der Waals surface area contributed by atoms with E-state index in [0.717, 1.165) is 6.21 Å². The molecule has 1 N–H and O–H groups in total. The summed E-state index contributed by atoms with van der Waals surface area (Å²) in [5.74, 6) is 0. The summed E-state index contributed by atoms with van der Waals surface area (Å²) < 4.78 is 0.609. The second kappa shape index (κ2) is 2.15. The molecule has 0 aromatic carbocycles. The molecule has 1 nitrogen and oxygen atoms in total. The molecule has 0 radical (unpaired) electrons. The number of allylic oxidation sites excluding steroid dienone is 1. The predicted molar refractivity (Wildman–Crippen MR) is 26.9 cm³/mol. The molecule has 0 heterocycles. The minimum absolute atomic E-state index is 0.609. The summed E-state index contributed by atoms with van der Waals surface area (Å²) in [7, 11) is 0. The molecule has 0 aromatic rings. The molecule has 0 aromatic heterocycles. The van der Waals surface area contributed by atoms with Crippen LogP contribution in [-0.2, 0) is 0 Å². The number of nitrogens with one attached hydrogen (secondary N) is 1. The third kappa shape index (κ3) is 3.89. The van der Waals surface area contributed by atoms with Crippen LogP contribution in [0.25, 0.3) is 0 Å². The summed E-state index contributed by atoms with van der Waals surface area (Å²) >= 11 is 2.94.